The molecule has 0 aliphatic heterocycles. The zero-order valence-electron chi connectivity index (χ0n) is 12.0. The van der Waals surface area contributed by atoms with E-state index in [1.165, 1.54) is 25.7 Å². The van der Waals surface area contributed by atoms with Crippen LogP contribution in [0.1, 0.15) is 36.0 Å². The molecule has 0 aromatic heterocycles. The summed E-state index contributed by atoms with van der Waals surface area (Å²) < 4.78 is 0. The van der Waals surface area contributed by atoms with E-state index < -0.39 is 0 Å². The van der Waals surface area contributed by atoms with Gasteiger partial charge in [-0.15, -0.1) is 0 Å². The lowest BCUT2D eigenvalue weighted by Gasteiger charge is -2.29. The van der Waals surface area contributed by atoms with Gasteiger partial charge in [0.1, 0.15) is 0 Å². The molecule has 4 N–H and O–H groups in total. The first-order valence-corrected chi connectivity index (χ1v) is 7.45. The fourth-order valence-electron chi connectivity index (χ4n) is 4.12. The Morgan fingerprint density at radius 3 is 2.75 bits per heavy atom. The van der Waals surface area contributed by atoms with Crippen LogP contribution in [-0.4, -0.2) is 19.5 Å². The van der Waals surface area contributed by atoms with Crippen LogP contribution in [0, 0.1) is 17.8 Å². The summed E-state index contributed by atoms with van der Waals surface area (Å²) in [4.78, 5) is 13.7. The lowest BCUT2D eigenvalue weighted by Crippen LogP contribution is -2.30. The Morgan fingerprint density at radius 2 is 2.15 bits per heavy atom. The topological polar surface area (TPSA) is 72.3 Å². The molecule has 0 radical (unpaired) electrons. The molecule has 0 heterocycles. The third-order valence-electron chi connectivity index (χ3n) is 5.09. The molecule has 1 amide bonds. The van der Waals surface area contributed by atoms with E-state index in [4.69, 9.17) is 11.5 Å². The Hall–Kier alpha value is -1.71. The summed E-state index contributed by atoms with van der Waals surface area (Å²) >= 11 is 0. The molecule has 4 nitrogen and oxygen atoms in total. The molecule has 2 bridgehead atoms. The average molecular weight is 273 g/mol. The van der Waals surface area contributed by atoms with Gasteiger partial charge >= 0.3 is 0 Å². The summed E-state index contributed by atoms with van der Waals surface area (Å²) in [6, 6.07) is 5.31. The van der Waals surface area contributed by atoms with Crippen molar-refractivity contribution >= 4 is 17.3 Å². The third-order valence-corrected chi connectivity index (χ3v) is 5.09. The number of nitrogen functional groups attached to an aromatic ring is 1. The fraction of sp³-hybridized carbons (Fsp3) is 0.562. The molecule has 0 spiro atoms. The van der Waals surface area contributed by atoms with Crippen LogP contribution in [0.4, 0.5) is 11.4 Å². The number of benzene rings is 1. The first kappa shape index (κ1) is 13.3. The van der Waals surface area contributed by atoms with E-state index in [1.807, 2.05) is 13.1 Å². The minimum absolute atomic E-state index is 0.389. The molecular weight excluding hydrogens is 250 g/mol. The summed E-state index contributed by atoms with van der Waals surface area (Å²) in [6.07, 6.45) is 5.53. The van der Waals surface area contributed by atoms with Crippen molar-refractivity contribution < 1.29 is 4.79 Å². The molecule has 108 valence electrons. The van der Waals surface area contributed by atoms with E-state index in [2.05, 4.69) is 4.90 Å². The van der Waals surface area contributed by atoms with Crippen LogP contribution in [-0.2, 0) is 0 Å². The first-order valence-electron chi connectivity index (χ1n) is 7.45. The number of carbonyl (C=O) groups is 1. The van der Waals surface area contributed by atoms with Gasteiger partial charge in [0.15, 0.2) is 0 Å². The Labute approximate surface area is 120 Å². The van der Waals surface area contributed by atoms with Gasteiger partial charge in [0.25, 0.3) is 5.91 Å². The molecule has 2 aliphatic carbocycles. The number of rotatable bonds is 4. The van der Waals surface area contributed by atoms with E-state index in [-0.39, 0.29) is 5.91 Å². The molecule has 3 rings (SSSR count). The van der Waals surface area contributed by atoms with Gasteiger partial charge in [-0.1, -0.05) is 6.42 Å². The second-order valence-corrected chi connectivity index (χ2v) is 6.46. The summed E-state index contributed by atoms with van der Waals surface area (Å²) in [6.45, 7) is 0.991. The van der Waals surface area contributed by atoms with E-state index in [0.29, 0.717) is 11.3 Å². The number of carbonyl (C=O) groups excluding carboxylic acids is 1. The van der Waals surface area contributed by atoms with Crippen molar-refractivity contribution in [2.45, 2.75) is 25.7 Å². The Bertz CT molecular complexity index is 528. The minimum atomic E-state index is -0.389. The van der Waals surface area contributed by atoms with Gasteiger partial charge in [-0.05, 0) is 55.2 Å². The van der Waals surface area contributed by atoms with Crippen molar-refractivity contribution in [1.29, 1.82) is 0 Å². The molecule has 1 aromatic carbocycles. The van der Waals surface area contributed by atoms with Gasteiger partial charge in [0.05, 0.1) is 11.3 Å². The van der Waals surface area contributed by atoms with Crippen molar-refractivity contribution in [2.75, 3.05) is 24.2 Å². The second-order valence-electron chi connectivity index (χ2n) is 6.46. The maximum absolute atomic E-state index is 11.6. The summed E-state index contributed by atoms with van der Waals surface area (Å²) in [5, 5.41) is 0. The van der Waals surface area contributed by atoms with Crippen LogP contribution in [0.2, 0.25) is 0 Å². The lowest BCUT2D eigenvalue weighted by atomic mass is 9.88. The second kappa shape index (κ2) is 5.00. The Balaban J connectivity index is 1.78. The van der Waals surface area contributed by atoms with Crippen LogP contribution < -0.4 is 16.4 Å². The number of nitrogens with zero attached hydrogens (tertiary/aromatic N) is 1. The van der Waals surface area contributed by atoms with Gasteiger partial charge in [-0.2, -0.15) is 0 Å². The van der Waals surface area contributed by atoms with Gasteiger partial charge in [-0.3, -0.25) is 4.79 Å². The molecule has 2 saturated carbocycles. The van der Waals surface area contributed by atoms with E-state index in [0.717, 1.165) is 30.0 Å². The molecule has 3 atom stereocenters. The van der Waals surface area contributed by atoms with Crippen molar-refractivity contribution in [1.82, 2.24) is 0 Å². The highest BCUT2D eigenvalue weighted by molar-refractivity contribution is 5.99. The first-order chi connectivity index (χ1) is 9.54. The number of fused-ring (bicyclic) bond motifs is 2. The molecule has 0 saturated heterocycles. The molecule has 1 aromatic rings. The van der Waals surface area contributed by atoms with E-state index in [1.54, 1.807) is 12.1 Å². The van der Waals surface area contributed by atoms with Gasteiger partial charge in [0, 0.05) is 19.3 Å². The summed E-state index contributed by atoms with van der Waals surface area (Å²) in [5.74, 6) is 2.18. The average Bonchev–Trinajstić information content (AvgIpc) is 3.00. The maximum Gasteiger partial charge on any atom is 0.250 e. The molecule has 3 unspecified atom stereocenters. The highest BCUT2D eigenvalue weighted by Gasteiger charge is 2.39. The quantitative estimate of drug-likeness (QED) is 0.826. The Kier molecular flexibility index (Phi) is 3.32. The van der Waals surface area contributed by atoms with Crippen LogP contribution in [0.3, 0.4) is 0 Å². The fourth-order valence-corrected chi connectivity index (χ4v) is 4.12. The van der Waals surface area contributed by atoms with Crippen molar-refractivity contribution in [3.8, 4) is 0 Å². The Morgan fingerprint density at radius 1 is 1.35 bits per heavy atom. The summed E-state index contributed by atoms with van der Waals surface area (Å²) in [7, 11) is 2.03. The zero-order valence-corrected chi connectivity index (χ0v) is 12.0. The van der Waals surface area contributed by atoms with Crippen LogP contribution in [0.25, 0.3) is 0 Å². The van der Waals surface area contributed by atoms with E-state index >= 15 is 0 Å². The standard InChI is InChI=1S/C16H23N3O/c1-19(9-12-7-10-2-3-11(12)6-10)15-8-13(17)4-5-14(15)16(18)20/h4-5,8,10-12H,2-3,6-7,9,17H2,1H3,(H2,18,20). The van der Waals surface area contributed by atoms with Crippen LogP contribution >= 0.6 is 0 Å². The van der Waals surface area contributed by atoms with Gasteiger partial charge < -0.3 is 16.4 Å². The van der Waals surface area contributed by atoms with Crippen molar-refractivity contribution in [3.63, 3.8) is 0 Å². The largest absolute Gasteiger partial charge is 0.399 e. The monoisotopic (exact) mass is 273 g/mol. The number of hydrogen-bond donors (Lipinski definition) is 2. The number of anilines is 2. The highest BCUT2D eigenvalue weighted by atomic mass is 16.1. The summed E-state index contributed by atoms with van der Waals surface area (Å²) in [5.41, 5.74) is 13.4. The van der Waals surface area contributed by atoms with Crippen molar-refractivity contribution in [3.05, 3.63) is 23.8 Å². The van der Waals surface area contributed by atoms with E-state index in [9.17, 15) is 4.79 Å². The van der Waals surface area contributed by atoms with Crippen LogP contribution in [0.5, 0.6) is 0 Å². The van der Waals surface area contributed by atoms with Crippen molar-refractivity contribution in [2.24, 2.45) is 23.5 Å². The molecule has 20 heavy (non-hydrogen) atoms. The predicted molar refractivity (Wildman–Crippen MR) is 81.6 cm³/mol. The smallest absolute Gasteiger partial charge is 0.250 e. The van der Waals surface area contributed by atoms with Gasteiger partial charge in [0.2, 0.25) is 0 Å². The molecule has 2 aliphatic rings. The molecule has 4 heteroatoms. The molecule has 2 fully saturated rings. The SMILES string of the molecule is CN(CC1CC2CCC1C2)c1cc(N)ccc1C(N)=O. The molecular formula is C16H23N3O. The third kappa shape index (κ3) is 2.35. The predicted octanol–water partition coefficient (Wildman–Crippen LogP) is 2.24. The lowest BCUT2D eigenvalue weighted by molar-refractivity contribution is 0.100. The number of primary amides is 1. The number of amides is 1. The number of nitrogens with two attached hydrogens (primary N) is 2. The zero-order chi connectivity index (χ0) is 14.3. The van der Waals surface area contributed by atoms with Crippen LogP contribution in [0.15, 0.2) is 18.2 Å². The van der Waals surface area contributed by atoms with Gasteiger partial charge in [-0.25, -0.2) is 0 Å². The normalized spacial score (nSPS) is 27.8. The minimum Gasteiger partial charge on any atom is -0.399 e. The maximum atomic E-state index is 11.6. The number of hydrogen-bond acceptors (Lipinski definition) is 3. The highest BCUT2D eigenvalue weighted by Crippen LogP contribution is 2.48.